The molecule has 0 saturated carbocycles. The number of ether oxygens (including phenoxy) is 1. The molecule has 0 aliphatic heterocycles. The smallest absolute Gasteiger partial charge is 0.420 e. The Bertz CT molecular complexity index is 1050. The standard InChI is InChI=1S/C23H24F3N3O2S/c1-2-3-4-5-6-7-12-30-20-10-8-16(13-18(20)23(24,25)26)28-22-29-19(15-32-22)21-11-9-17(14-27)31-21/h8-11,13,15H,2-7,12H2,1H3,(H,28,29). The number of benzene rings is 1. The number of hydrogen-bond acceptors (Lipinski definition) is 6. The van der Waals surface area contributed by atoms with E-state index in [1.54, 1.807) is 11.4 Å². The molecule has 0 spiro atoms. The van der Waals surface area contributed by atoms with E-state index in [1.165, 1.54) is 36.0 Å². The number of alkyl halides is 3. The number of anilines is 2. The Hall–Kier alpha value is -2.99. The number of rotatable bonds is 11. The molecule has 0 atom stereocenters. The fourth-order valence-electron chi connectivity index (χ4n) is 3.12. The second kappa shape index (κ2) is 11.0. The third-order valence-corrected chi connectivity index (χ3v) is 5.52. The Kier molecular flexibility index (Phi) is 8.17. The topological polar surface area (TPSA) is 71.1 Å². The Morgan fingerprint density at radius 3 is 2.62 bits per heavy atom. The Morgan fingerprint density at radius 1 is 1.12 bits per heavy atom. The van der Waals surface area contributed by atoms with E-state index < -0.39 is 11.7 Å². The summed E-state index contributed by atoms with van der Waals surface area (Å²) in [5.74, 6) is 0.408. The van der Waals surface area contributed by atoms with Gasteiger partial charge in [-0.1, -0.05) is 39.0 Å². The maximum Gasteiger partial charge on any atom is 0.420 e. The molecular formula is C23H24F3N3O2S. The minimum atomic E-state index is -4.54. The van der Waals surface area contributed by atoms with Gasteiger partial charge in [-0.2, -0.15) is 18.4 Å². The summed E-state index contributed by atoms with van der Waals surface area (Å²) >= 11 is 1.22. The van der Waals surface area contributed by atoms with Crippen molar-refractivity contribution in [2.24, 2.45) is 0 Å². The number of aromatic nitrogens is 1. The summed E-state index contributed by atoms with van der Waals surface area (Å²) < 4.78 is 51.5. The number of halogens is 3. The SMILES string of the molecule is CCCCCCCCOc1ccc(Nc2nc(-c3ccc(C#N)o3)cs2)cc1C(F)(F)F. The van der Waals surface area contributed by atoms with Gasteiger partial charge < -0.3 is 14.5 Å². The number of hydrogen-bond donors (Lipinski definition) is 1. The van der Waals surface area contributed by atoms with E-state index in [1.807, 2.05) is 6.07 Å². The minimum Gasteiger partial charge on any atom is -0.493 e. The zero-order valence-corrected chi connectivity index (χ0v) is 18.5. The van der Waals surface area contributed by atoms with Crippen LogP contribution in [-0.4, -0.2) is 11.6 Å². The lowest BCUT2D eigenvalue weighted by Crippen LogP contribution is -2.10. The molecule has 2 aromatic heterocycles. The van der Waals surface area contributed by atoms with Gasteiger partial charge >= 0.3 is 6.18 Å². The lowest BCUT2D eigenvalue weighted by molar-refractivity contribution is -0.138. The van der Waals surface area contributed by atoms with Crippen molar-refractivity contribution >= 4 is 22.2 Å². The van der Waals surface area contributed by atoms with E-state index >= 15 is 0 Å². The normalized spacial score (nSPS) is 11.3. The van der Waals surface area contributed by atoms with E-state index in [-0.39, 0.29) is 23.8 Å². The molecule has 9 heteroatoms. The van der Waals surface area contributed by atoms with Crippen molar-refractivity contribution in [1.29, 1.82) is 5.26 Å². The molecule has 0 amide bonds. The molecule has 1 aromatic carbocycles. The van der Waals surface area contributed by atoms with Gasteiger partial charge in [-0.05, 0) is 36.8 Å². The monoisotopic (exact) mass is 463 g/mol. The van der Waals surface area contributed by atoms with Gasteiger partial charge in [0.2, 0.25) is 5.76 Å². The first kappa shape index (κ1) is 23.7. The van der Waals surface area contributed by atoms with Crippen LogP contribution in [0.1, 0.15) is 56.8 Å². The molecule has 0 saturated heterocycles. The van der Waals surface area contributed by atoms with Crippen LogP contribution in [0.2, 0.25) is 0 Å². The predicted molar refractivity (Wildman–Crippen MR) is 118 cm³/mol. The molecule has 0 radical (unpaired) electrons. The maximum absolute atomic E-state index is 13.6. The largest absolute Gasteiger partial charge is 0.493 e. The summed E-state index contributed by atoms with van der Waals surface area (Å²) in [6.45, 7) is 2.39. The van der Waals surface area contributed by atoms with E-state index in [0.29, 0.717) is 16.6 Å². The second-order valence-corrected chi connectivity index (χ2v) is 8.12. The van der Waals surface area contributed by atoms with Crippen molar-refractivity contribution in [1.82, 2.24) is 4.98 Å². The molecular weight excluding hydrogens is 439 g/mol. The van der Waals surface area contributed by atoms with Gasteiger partial charge in [0.25, 0.3) is 0 Å². The van der Waals surface area contributed by atoms with E-state index in [4.69, 9.17) is 14.4 Å². The van der Waals surface area contributed by atoms with Crippen LogP contribution in [0.15, 0.2) is 40.1 Å². The van der Waals surface area contributed by atoms with Gasteiger partial charge in [-0.3, -0.25) is 0 Å². The molecule has 1 N–H and O–H groups in total. The number of thiazole rings is 1. The average molecular weight is 464 g/mol. The molecule has 3 aromatic rings. The first-order valence-electron chi connectivity index (χ1n) is 10.5. The molecule has 170 valence electrons. The summed E-state index contributed by atoms with van der Waals surface area (Å²) in [7, 11) is 0. The fourth-order valence-corrected chi connectivity index (χ4v) is 3.84. The van der Waals surface area contributed by atoms with Crippen LogP contribution in [0.25, 0.3) is 11.5 Å². The van der Waals surface area contributed by atoms with Crippen molar-refractivity contribution in [2.75, 3.05) is 11.9 Å². The van der Waals surface area contributed by atoms with Gasteiger partial charge in [0.1, 0.15) is 17.5 Å². The highest BCUT2D eigenvalue weighted by atomic mass is 32.1. The molecule has 0 fully saturated rings. The molecule has 32 heavy (non-hydrogen) atoms. The zero-order chi connectivity index (χ0) is 23.0. The van der Waals surface area contributed by atoms with Crippen molar-refractivity contribution in [3.05, 3.63) is 47.0 Å². The van der Waals surface area contributed by atoms with Gasteiger partial charge in [0.15, 0.2) is 10.9 Å². The summed E-state index contributed by atoms with van der Waals surface area (Å²) in [6.07, 6.45) is 1.67. The van der Waals surface area contributed by atoms with Gasteiger partial charge in [-0.25, -0.2) is 4.98 Å². The molecule has 2 heterocycles. The van der Waals surface area contributed by atoms with Crippen molar-refractivity contribution in [2.45, 2.75) is 51.6 Å². The Labute approximate surface area is 188 Å². The predicted octanol–water partition coefficient (Wildman–Crippen LogP) is 7.78. The third kappa shape index (κ3) is 6.50. The van der Waals surface area contributed by atoms with Crippen LogP contribution in [0.3, 0.4) is 0 Å². The highest BCUT2D eigenvalue weighted by Crippen LogP contribution is 2.39. The van der Waals surface area contributed by atoms with Crippen LogP contribution in [-0.2, 0) is 6.18 Å². The van der Waals surface area contributed by atoms with Gasteiger partial charge in [-0.15, -0.1) is 11.3 Å². The van der Waals surface area contributed by atoms with E-state index in [9.17, 15) is 13.2 Å². The van der Waals surface area contributed by atoms with Crippen LogP contribution in [0.4, 0.5) is 24.0 Å². The fraction of sp³-hybridized carbons (Fsp3) is 0.391. The zero-order valence-electron chi connectivity index (χ0n) is 17.7. The first-order chi connectivity index (χ1) is 15.4. The number of nitriles is 1. The number of furan rings is 1. The number of nitrogens with zero attached hydrogens (tertiary/aromatic N) is 2. The van der Waals surface area contributed by atoms with Crippen LogP contribution in [0.5, 0.6) is 5.75 Å². The maximum atomic E-state index is 13.6. The number of nitrogens with one attached hydrogen (secondary N) is 1. The van der Waals surface area contributed by atoms with Crippen molar-refractivity contribution in [3.8, 4) is 23.3 Å². The lowest BCUT2D eigenvalue weighted by atomic mass is 10.1. The van der Waals surface area contributed by atoms with Gasteiger partial charge in [0.05, 0.1) is 12.2 Å². The summed E-state index contributed by atoms with van der Waals surface area (Å²) in [5, 5.41) is 13.8. The van der Waals surface area contributed by atoms with Crippen LogP contribution < -0.4 is 10.1 Å². The van der Waals surface area contributed by atoms with Crippen LogP contribution in [0, 0.1) is 11.3 Å². The van der Waals surface area contributed by atoms with Crippen molar-refractivity contribution < 1.29 is 22.3 Å². The molecule has 5 nitrogen and oxygen atoms in total. The summed E-state index contributed by atoms with van der Waals surface area (Å²) in [4.78, 5) is 4.32. The van der Waals surface area contributed by atoms with Gasteiger partial charge in [0, 0.05) is 11.1 Å². The highest BCUT2D eigenvalue weighted by molar-refractivity contribution is 7.14. The summed E-state index contributed by atoms with van der Waals surface area (Å²) in [6, 6.07) is 8.94. The molecule has 0 aliphatic carbocycles. The molecule has 0 aliphatic rings. The quantitative estimate of drug-likeness (QED) is 0.294. The average Bonchev–Trinajstić information content (AvgIpc) is 3.42. The summed E-state index contributed by atoms with van der Waals surface area (Å²) in [5.41, 5.74) is -0.0776. The Morgan fingerprint density at radius 2 is 1.91 bits per heavy atom. The Balaban J connectivity index is 1.64. The molecule has 3 rings (SSSR count). The van der Waals surface area contributed by atoms with E-state index in [2.05, 4.69) is 17.2 Å². The first-order valence-corrected chi connectivity index (χ1v) is 11.4. The lowest BCUT2D eigenvalue weighted by Gasteiger charge is -2.15. The molecule has 0 bridgehead atoms. The second-order valence-electron chi connectivity index (χ2n) is 7.26. The van der Waals surface area contributed by atoms with Crippen LogP contribution >= 0.6 is 11.3 Å². The van der Waals surface area contributed by atoms with E-state index in [0.717, 1.165) is 38.2 Å². The minimum absolute atomic E-state index is 0.161. The highest BCUT2D eigenvalue weighted by Gasteiger charge is 2.34. The molecule has 0 unspecified atom stereocenters. The number of unbranched alkanes of at least 4 members (excludes halogenated alkanes) is 5. The third-order valence-electron chi connectivity index (χ3n) is 4.76. The van der Waals surface area contributed by atoms with Crippen molar-refractivity contribution in [3.63, 3.8) is 0 Å².